The van der Waals surface area contributed by atoms with E-state index in [9.17, 15) is 9.90 Å². The van der Waals surface area contributed by atoms with Crippen LogP contribution in [-0.2, 0) is 23.4 Å². The van der Waals surface area contributed by atoms with Gasteiger partial charge in [-0.05, 0) is 42.2 Å². The fourth-order valence-electron chi connectivity index (χ4n) is 5.10. The maximum atomic E-state index is 11.4. The van der Waals surface area contributed by atoms with Gasteiger partial charge in [0.15, 0.2) is 0 Å². The molecule has 2 N–H and O–H groups in total. The molecule has 0 radical (unpaired) electrons. The number of hydrogen-bond acceptors (Lipinski definition) is 5. The van der Waals surface area contributed by atoms with Gasteiger partial charge in [-0.15, -0.1) is 0 Å². The molecule has 1 fully saturated rings. The molecule has 1 atom stereocenters. The van der Waals surface area contributed by atoms with E-state index in [1.807, 2.05) is 24.3 Å². The lowest BCUT2D eigenvalue weighted by atomic mass is 9.93. The predicted octanol–water partition coefficient (Wildman–Crippen LogP) is 3.99. The summed E-state index contributed by atoms with van der Waals surface area (Å²) < 4.78 is 12.2. The first-order valence-electron chi connectivity index (χ1n) is 11.8. The van der Waals surface area contributed by atoms with Crippen LogP contribution in [0.3, 0.4) is 0 Å². The third kappa shape index (κ3) is 4.13. The first-order chi connectivity index (χ1) is 15.9. The van der Waals surface area contributed by atoms with Crippen molar-refractivity contribution in [2.75, 3.05) is 26.2 Å². The van der Waals surface area contributed by atoms with Crippen LogP contribution < -0.4 is 9.47 Å². The summed E-state index contributed by atoms with van der Waals surface area (Å²) in [5.41, 5.74) is 6.39. The molecule has 0 saturated carbocycles. The predicted molar refractivity (Wildman–Crippen MR) is 125 cm³/mol. The first-order valence-corrected chi connectivity index (χ1v) is 11.8. The molecule has 0 spiro atoms. The number of aryl methyl sites for hydroxylation is 1. The summed E-state index contributed by atoms with van der Waals surface area (Å²) in [5.74, 6) is -0.854. The maximum absolute atomic E-state index is 11.4. The van der Waals surface area contributed by atoms with Gasteiger partial charge in [0, 0.05) is 49.2 Å². The van der Waals surface area contributed by atoms with Crippen molar-refractivity contribution in [2.24, 2.45) is 5.92 Å². The quantitative estimate of drug-likeness (QED) is 0.694. The van der Waals surface area contributed by atoms with Gasteiger partial charge in [0.05, 0.1) is 12.5 Å². The molecular formula is C27H31NO5. The number of allylic oxidation sites excluding steroid dienone is 1. The molecule has 2 aromatic rings. The van der Waals surface area contributed by atoms with Crippen LogP contribution in [0.2, 0.25) is 0 Å². The van der Waals surface area contributed by atoms with Gasteiger partial charge < -0.3 is 19.7 Å². The highest BCUT2D eigenvalue weighted by atomic mass is 16.6. The van der Waals surface area contributed by atoms with Gasteiger partial charge in [0.1, 0.15) is 11.5 Å². The number of nitrogens with zero attached hydrogens (tertiary/aromatic N) is 1. The smallest absolute Gasteiger partial charge is 0.309 e. The number of benzene rings is 2. The van der Waals surface area contributed by atoms with Gasteiger partial charge in [-0.25, -0.2) is 0 Å². The lowest BCUT2D eigenvalue weighted by Crippen LogP contribution is -2.50. The van der Waals surface area contributed by atoms with Crippen LogP contribution in [0.15, 0.2) is 42.0 Å². The molecule has 6 nitrogen and oxygen atoms in total. The molecule has 1 saturated heterocycles. The van der Waals surface area contributed by atoms with E-state index in [-0.39, 0.29) is 5.92 Å². The van der Waals surface area contributed by atoms with E-state index < -0.39 is 11.8 Å². The number of rotatable bonds is 6. The largest absolute Gasteiger partial charge is 0.493 e. The van der Waals surface area contributed by atoms with E-state index in [0.717, 1.165) is 48.4 Å². The van der Waals surface area contributed by atoms with Crippen LogP contribution in [0.25, 0.3) is 5.57 Å². The average molecular weight is 450 g/mol. The van der Waals surface area contributed by atoms with E-state index in [0.29, 0.717) is 31.7 Å². The minimum atomic E-state index is -1.40. The Morgan fingerprint density at radius 2 is 2.00 bits per heavy atom. The van der Waals surface area contributed by atoms with Crippen LogP contribution in [-0.4, -0.2) is 47.3 Å². The highest BCUT2D eigenvalue weighted by Gasteiger charge is 2.40. The van der Waals surface area contributed by atoms with Crippen molar-refractivity contribution in [1.29, 1.82) is 0 Å². The summed E-state index contributed by atoms with van der Waals surface area (Å²) in [6.45, 7) is 6.77. The zero-order chi connectivity index (χ0) is 23.2. The molecule has 0 aromatic heterocycles. The SMILES string of the molecule is CCCc1ccc2c(c1)OC(O)(c1ccc3c(c1)OCCC(CN1CC(C(=O)O)C1)=C3C)C2. The number of likely N-dealkylation sites (tertiary alicyclic amines) is 1. The van der Waals surface area contributed by atoms with Crippen LogP contribution in [0.5, 0.6) is 11.5 Å². The molecule has 0 amide bonds. The van der Waals surface area contributed by atoms with Gasteiger partial charge in [0.25, 0.3) is 0 Å². The van der Waals surface area contributed by atoms with E-state index in [1.165, 1.54) is 16.7 Å². The van der Waals surface area contributed by atoms with Crippen LogP contribution >= 0.6 is 0 Å². The minimum Gasteiger partial charge on any atom is -0.493 e. The lowest BCUT2D eigenvalue weighted by molar-refractivity contribution is -0.147. The number of carboxylic acid groups (broad SMARTS) is 1. The minimum absolute atomic E-state index is 0.253. The molecule has 1 unspecified atom stereocenters. The second-order valence-corrected chi connectivity index (χ2v) is 9.52. The van der Waals surface area contributed by atoms with Crippen molar-refractivity contribution in [1.82, 2.24) is 4.90 Å². The Morgan fingerprint density at radius 3 is 2.76 bits per heavy atom. The summed E-state index contributed by atoms with van der Waals surface area (Å²) in [5, 5.41) is 20.5. The number of aliphatic hydroxyl groups is 1. The highest BCUT2D eigenvalue weighted by Crippen LogP contribution is 2.43. The van der Waals surface area contributed by atoms with Gasteiger partial charge in [-0.3, -0.25) is 9.69 Å². The Labute approximate surface area is 194 Å². The number of hydrogen-bond donors (Lipinski definition) is 2. The number of aliphatic carboxylic acids is 1. The second kappa shape index (κ2) is 8.50. The van der Waals surface area contributed by atoms with Crippen molar-refractivity contribution in [3.05, 3.63) is 64.2 Å². The zero-order valence-corrected chi connectivity index (χ0v) is 19.3. The number of carboxylic acids is 1. The van der Waals surface area contributed by atoms with E-state index in [4.69, 9.17) is 14.6 Å². The molecule has 5 rings (SSSR count). The number of ether oxygens (including phenoxy) is 2. The van der Waals surface area contributed by atoms with Crippen LogP contribution in [0, 0.1) is 5.92 Å². The molecule has 33 heavy (non-hydrogen) atoms. The summed E-state index contributed by atoms with van der Waals surface area (Å²) >= 11 is 0. The molecule has 2 aromatic carbocycles. The molecule has 3 heterocycles. The first kappa shape index (κ1) is 22.0. The molecule has 174 valence electrons. The van der Waals surface area contributed by atoms with Crippen molar-refractivity contribution < 1.29 is 24.5 Å². The highest BCUT2D eigenvalue weighted by molar-refractivity contribution is 5.74. The Morgan fingerprint density at radius 1 is 1.18 bits per heavy atom. The summed E-state index contributed by atoms with van der Waals surface area (Å²) in [6.07, 6.45) is 3.27. The van der Waals surface area contributed by atoms with Crippen molar-refractivity contribution in [2.45, 2.75) is 45.3 Å². The summed E-state index contributed by atoms with van der Waals surface area (Å²) in [7, 11) is 0. The topological polar surface area (TPSA) is 79.2 Å². The Balaban J connectivity index is 1.36. The number of carbonyl (C=O) groups is 1. The normalized spacial score (nSPS) is 22.6. The molecule has 3 aliphatic heterocycles. The van der Waals surface area contributed by atoms with Gasteiger partial charge in [0.2, 0.25) is 5.79 Å². The fraction of sp³-hybridized carbons (Fsp3) is 0.444. The van der Waals surface area contributed by atoms with Gasteiger partial charge in [-0.2, -0.15) is 0 Å². The monoisotopic (exact) mass is 449 g/mol. The van der Waals surface area contributed by atoms with Crippen molar-refractivity contribution >= 4 is 11.5 Å². The van der Waals surface area contributed by atoms with Crippen LogP contribution in [0.1, 0.15) is 48.9 Å². The molecular weight excluding hydrogens is 418 g/mol. The summed E-state index contributed by atoms with van der Waals surface area (Å²) in [6, 6.07) is 12.1. The Kier molecular flexibility index (Phi) is 5.67. The van der Waals surface area contributed by atoms with Crippen molar-refractivity contribution in [3.8, 4) is 11.5 Å². The van der Waals surface area contributed by atoms with E-state index in [2.05, 4.69) is 30.9 Å². The van der Waals surface area contributed by atoms with Crippen LogP contribution in [0.4, 0.5) is 0 Å². The number of fused-ring (bicyclic) bond motifs is 2. The zero-order valence-electron chi connectivity index (χ0n) is 19.3. The molecule has 0 bridgehead atoms. The van der Waals surface area contributed by atoms with E-state index >= 15 is 0 Å². The molecule has 6 heteroatoms. The molecule has 3 aliphatic rings. The second-order valence-electron chi connectivity index (χ2n) is 9.52. The lowest BCUT2D eigenvalue weighted by Gasteiger charge is -2.37. The van der Waals surface area contributed by atoms with E-state index in [1.54, 1.807) is 0 Å². The van der Waals surface area contributed by atoms with Gasteiger partial charge in [-0.1, -0.05) is 37.6 Å². The Hall–Kier alpha value is -2.83. The third-order valence-electron chi connectivity index (χ3n) is 7.13. The standard InChI is InChI=1S/C27H31NO5/c1-3-4-18-5-6-19-13-27(31,33-24(19)11-18)22-7-8-23-17(2)20(9-10-32-25(23)12-22)14-28-15-21(16-28)26(29)30/h5-8,11-12,21,31H,3-4,9-10,13-16H2,1-2H3,(H,29,30). The fourth-order valence-corrected chi connectivity index (χ4v) is 5.10. The molecule has 0 aliphatic carbocycles. The Bertz CT molecular complexity index is 1120. The third-order valence-corrected chi connectivity index (χ3v) is 7.13. The average Bonchev–Trinajstić information content (AvgIpc) is 3.02. The summed E-state index contributed by atoms with van der Waals surface area (Å²) in [4.78, 5) is 13.3. The maximum Gasteiger partial charge on any atom is 0.309 e. The van der Waals surface area contributed by atoms with Gasteiger partial charge >= 0.3 is 5.97 Å². The van der Waals surface area contributed by atoms with Crippen molar-refractivity contribution in [3.63, 3.8) is 0 Å².